The van der Waals surface area contributed by atoms with Gasteiger partial charge in [0.15, 0.2) is 0 Å². The van der Waals surface area contributed by atoms with Crippen LogP contribution in [-0.4, -0.2) is 63.8 Å². The SMILES string of the molecule is Cc1cccc(NC(=O)C(C)N2CCN(C(=O)c3cnccn3)CC2)c1. The highest BCUT2D eigenvalue weighted by molar-refractivity contribution is 5.94. The number of amides is 2. The number of aromatic nitrogens is 2. The largest absolute Gasteiger partial charge is 0.335 e. The van der Waals surface area contributed by atoms with Crippen molar-refractivity contribution in [1.82, 2.24) is 19.8 Å². The summed E-state index contributed by atoms with van der Waals surface area (Å²) >= 11 is 0. The standard InChI is InChI=1S/C19H23N5O2/c1-14-4-3-5-16(12-14)22-18(25)15(2)23-8-10-24(11-9-23)19(26)17-13-20-6-7-21-17/h3-7,12-13,15H,8-11H2,1-2H3,(H,22,25). The number of hydrogen-bond donors (Lipinski definition) is 1. The maximum atomic E-state index is 12.5. The smallest absolute Gasteiger partial charge is 0.274 e. The van der Waals surface area contributed by atoms with E-state index in [-0.39, 0.29) is 17.9 Å². The Kier molecular flexibility index (Phi) is 5.58. The first-order chi connectivity index (χ1) is 12.5. The summed E-state index contributed by atoms with van der Waals surface area (Å²) in [7, 11) is 0. The monoisotopic (exact) mass is 353 g/mol. The molecule has 3 rings (SSSR count). The van der Waals surface area contributed by atoms with Gasteiger partial charge in [0.2, 0.25) is 5.91 Å². The Labute approximate surface area is 153 Å². The average molecular weight is 353 g/mol. The fourth-order valence-electron chi connectivity index (χ4n) is 3.02. The quantitative estimate of drug-likeness (QED) is 0.903. The molecule has 7 heteroatoms. The van der Waals surface area contributed by atoms with Gasteiger partial charge in [-0.2, -0.15) is 0 Å². The molecule has 1 fully saturated rings. The van der Waals surface area contributed by atoms with E-state index in [2.05, 4.69) is 20.2 Å². The zero-order chi connectivity index (χ0) is 18.5. The molecule has 26 heavy (non-hydrogen) atoms. The van der Waals surface area contributed by atoms with E-state index in [1.54, 1.807) is 11.1 Å². The Bertz CT molecular complexity index is 773. The van der Waals surface area contributed by atoms with Crippen LogP contribution in [0.1, 0.15) is 23.0 Å². The van der Waals surface area contributed by atoms with Crippen molar-refractivity contribution in [3.63, 3.8) is 0 Å². The summed E-state index contributed by atoms with van der Waals surface area (Å²) in [6, 6.07) is 7.49. The first-order valence-electron chi connectivity index (χ1n) is 8.71. The molecule has 1 aromatic heterocycles. The predicted molar refractivity (Wildman–Crippen MR) is 98.8 cm³/mol. The highest BCUT2D eigenvalue weighted by Crippen LogP contribution is 2.13. The van der Waals surface area contributed by atoms with Crippen molar-refractivity contribution >= 4 is 17.5 Å². The fourth-order valence-corrected chi connectivity index (χ4v) is 3.02. The van der Waals surface area contributed by atoms with Gasteiger partial charge < -0.3 is 10.2 Å². The van der Waals surface area contributed by atoms with E-state index in [0.29, 0.717) is 31.9 Å². The van der Waals surface area contributed by atoms with Crippen molar-refractivity contribution in [1.29, 1.82) is 0 Å². The van der Waals surface area contributed by atoms with Crippen molar-refractivity contribution in [3.05, 3.63) is 54.1 Å². The van der Waals surface area contributed by atoms with E-state index in [9.17, 15) is 9.59 Å². The molecule has 1 atom stereocenters. The van der Waals surface area contributed by atoms with Crippen LogP contribution >= 0.6 is 0 Å². The zero-order valence-electron chi connectivity index (χ0n) is 15.1. The second-order valence-electron chi connectivity index (χ2n) is 6.45. The highest BCUT2D eigenvalue weighted by atomic mass is 16.2. The Morgan fingerprint density at radius 1 is 1.15 bits per heavy atom. The van der Waals surface area contributed by atoms with E-state index in [1.807, 2.05) is 38.1 Å². The third-order valence-corrected chi connectivity index (χ3v) is 4.60. The summed E-state index contributed by atoms with van der Waals surface area (Å²) in [6.07, 6.45) is 4.54. The number of benzene rings is 1. The first kappa shape index (κ1) is 18.0. The van der Waals surface area contributed by atoms with Crippen LogP contribution in [-0.2, 0) is 4.79 Å². The van der Waals surface area contributed by atoms with E-state index in [1.165, 1.54) is 12.4 Å². The average Bonchev–Trinajstić information content (AvgIpc) is 2.67. The minimum absolute atomic E-state index is 0.0377. The molecular formula is C19H23N5O2. The molecule has 1 aliphatic heterocycles. The summed E-state index contributed by atoms with van der Waals surface area (Å²) < 4.78 is 0. The third-order valence-electron chi connectivity index (χ3n) is 4.60. The number of anilines is 1. The van der Waals surface area contributed by atoms with E-state index >= 15 is 0 Å². The van der Waals surface area contributed by atoms with Gasteiger partial charge in [-0.1, -0.05) is 12.1 Å². The van der Waals surface area contributed by atoms with Crippen LogP contribution in [0, 0.1) is 6.92 Å². The summed E-state index contributed by atoms with van der Waals surface area (Å²) in [4.78, 5) is 36.8. The maximum Gasteiger partial charge on any atom is 0.274 e. The molecule has 1 aliphatic rings. The molecule has 0 bridgehead atoms. The fraction of sp³-hybridized carbons (Fsp3) is 0.368. The number of rotatable bonds is 4. The van der Waals surface area contributed by atoms with E-state index < -0.39 is 0 Å². The molecule has 7 nitrogen and oxygen atoms in total. The van der Waals surface area contributed by atoms with Gasteiger partial charge in [-0.3, -0.25) is 19.5 Å². The maximum absolute atomic E-state index is 12.5. The van der Waals surface area contributed by atoms with Crippen LogP contribution in [0.5, 0.6) is 0 Å². The van der Waals surface area contributed by atoms with Crippen molar-refractivity contribution in [3.8, 4) is 0 Å². The molecule has 2 aromatic rings. The summed E-state index contributed by atoms with van der Waals surface area (Å²) in [5.74, 6) is -0.154. The van der Waals surface area contributed by atoms with Crippen LogP contribution < -0.4 is 5.32 Å². The number of piperazine rings is 1. The lowest BCUT2D eigenvalue weighted by atomic mass is 10.2. The molecule has 0 radical (unpaired) electrons. The topological polar surface area (TPSA) is 78.4 Å². The van der Waals surface area contributed by atoms with Crippen molar-refractivity contribution in [2.24, 2.45) is 0 Å². The van der Waals surface area contributed by atoms with Gasteiger partial charge in [0.1, 0.15) is 5.69 Å². The molecule has 0 saturated carbocycles. The number of carbonyl (C=O) groups is 2. The van der Waals surface area contributed by atoms with Crippen molar-refractivity contribution in [2.75, 3.05) is 31.5 Å². The molecular weight excluding hydrogens is 330 g/mol. The van der Waals surface area contributed by atoms with Gasteiger partial charge in [0.05, 0.1) is 12.2 Å². The number of hydrogen-bond acceptors (Lipinski definition) is 5. The zero-order valence-corrected chi connectivity index (χ0v) is 15.1. The second-order valence-corrected chi connectivity index (χ2v) is 6.45. The number of aryl methyl sites for hydroxylation is 1. The number of nitrogens with zero attached hydrogens (tertiary/aromatic N) is 4. The van der Waals surface area contributed by atoms with Crippen LogP contribution in [0.2, 0.25) is 0 Å². The summed E-state index contributed by atoms with van der Waals surface area (Å²) in [5.41, 5.74) is 2.26. The Morgan fingerprint density at radius 3 is 2.58 bits per heavy atom. The lowest BCUT2D eigenvalue weighted by molar-refractivity contribution is -0.121. The lowest BCUT2D eigenvalue weighted by Gasteiger charge is -2.37. The summed E-state index contributed by atoms with van der Waals surface area (Å²) in [6.45, 7) is 6.31. The molecule has 1 aromatic carbocycles. The second kappa shape index (κ2) is 8.05. The van der Waals surface area contributed by atoms with Gasteiger partial charge in [-0.05, 0) is 31.5 Å². The Balaban J connectivity index is 1.54. The third kappa shape index (κ3) is 4.23. The molecule has 2 amide bonds. The van der Waals surface area contributed by atoms with Gasteiger partial charge in [0, 0.05) is 44.3 Å². The molecule has 1 saturated heterocycles. The Morgan fingerprint density at radius 2 is 1.92 bits per heavy atom. The summed E-state index contributed by atoms with van der Waals surface area (Å²) in [5, 5.41) is 2.96. The van der Waals surface area contributed by atoms with Gasteiger partial charge in [-0.25, -0.2) is 4.98 Å². The minimum atomic E-state index is -0.260. The van der Waals surface area contributed by atoms with Crippen molar-refractivity contribution in [2.45, 2.75) is 19.9 Å². The molecule has 0 spiro atoms. The predicted octanol–water partition coefficient (Wildman–Crippen LogP) is 1.57. The van der Waals surface area contributed by atoms with Crippen LogP contribution in [0.4, 0.5) is 5.69 Å². The number of carbonyl (C=O) groups excluding carboxylic acids is 2. The lowest BCUT2D eigenvalue weighted by Crippen LogP contribution is -2.54. The molecule has 2 heterocycles. The molecule has 1 unspecified atom stereocenters. The molecule has 1 N–H and O–H groups in total. The minimum Gasteiger partial charge on any atom is -0.335 e. The Hall–Kier alpha value is -2.80. The number of nitrogens with one attached hydrogen (secondary N) is 1. The first-order valence-corrected chi connectivity index (χ1v) is 8.71. The van der Waals surface area contributed by atoms with Crippen molar-refractivity contribution < 1.29 is 9.59 Å². The van der Waals surface area contributed by atoms with Gasteiger partial charge in [-0.15, -0.1) is 0 Å². The molecule has 136 valence electrons. The van der Waals surface area contributed by atoms with Crippen LogP contribution in [0.15, 0.2) is 42.9 Å². The highest BCUT2D eigenvalue weighted by Gasteiger charge is 2.28. The molecule has 0 aliphatic carbocycles. The van der Waals surface area contributed by atoms with Gasteiger partial charge in [0.25, 0.3) is 5.91 Å². The van der Waals surface area contributed by atoms with Gasteiger partial charge >= 0.3 is 0 Å². The van der Waals surface area contributed by atoms with Crippen LogP contribution in [0.3, 0.4) is 0 Å². The van der Waals surface area contributed by atoms with Crippen LogP contribution in [0.25, 0.3) is 0 Å². The van der Waals surface area contributed by atoms with E-state index in [4.69, 9.17) is 0 Å². The normalized spacial score (nSPS) is 16.2. The van der Waals surface area contributed by atoms with E-state index in [0.717, 1.165) is 11.3 Å².